The number of hydrogen-bond acceptors (Lipinski definition) is 3. The number of oxime groups is 1. The summed E-state index contributed by atoms with van der Waals surface area (Å²) in [6.07, 6.45) is 13.8. The summed E-state index contributed by atoms with van der Waals surface area (Å²) in [6, 6.07) is 1.21. The van der Waals surface area contributed by atoms with Gasteiger partial charge in [-0.3, -0.25) is 4.90 Å². The molecular formula is C14H20N2O. The number of fused-ring (bicyclic) bond motifs is 2. The van der Waals surface area contributed by atoms with E-state index in [1.165, 1.54) is 31.3 Å². The van der Waals surface area contributed by atoms with E-state index in [4.69, 9.17) is 5.21 Å². The Bertz CT molecular complexity index is 368. The Morgan fingerprint density at radius 2 is 2.00 bits per heavy atom. The maximum absolute atomic E-state index is 8.91. The van der Waals surface area contributed by atoms with Crippen LogP contribution >= 0.6 is 0 Å². The summed E-state index contributed by atoms with van der Waals surface area (Å²) in [5, 5.41) is 12.3. The van der Waals surface area contributed by atoms with Gasteiger partial charge < -0.3 is 5.21 Å². The van der Waals surface area contributed by atoms with Gasteiger partial charge in [-0.1, -0.05) is 23.4 Å². The summed E-state index contributed by atoms with van der Waals surface area (Å²) in [6.45, 7) is 1.09. The Kier molecular flexibility index (Phi) is 3.02. The first-order valence-electron chi connectivity index (χ1n) is 6.68. The molecule has 3 heteroatoms. The molecular weight excluding hydrogens is 212 g/mol. The van der Waals surface area contributed by atoms with Crippen molar-refractivity contribution in [1.82, 2.24) is 4.90 Å². The van der Waals surface area contributed by atoms with Crippen molar-refractivity contribution in [2.75, 3.05) is 6.54 Å². The van der Waals surface area contributed by atoms with Crippen molar-refractivity contribution in [1.29, 1.82) is 0 Å². The second kappa shape index (κ2) is 4.65. The highest BCUT2D eigenvalue weighted by Crippen LogP contribution is 2.35. The van der Waals surface area contributed by atoms with Gasteiger partial charge in [0.25, 0.3) is 0 Å². The third-order valence-corrected chi connectivity index (χ3v) is 4.29. The quantitative estimate of drug-likeness (QED) is 0.587. The average molecular weight is 232 g/mol. The van der Waals surface area contributed by atoms with Crippen LogP contribution in [0.2, 0.25) is 0 Å². The van der Waals surface area contributed by atoms with E-state index in [1.54, 1.807) is 0 Å². The molecule has 0 radical (unpaired) electrons. The summed E-state index contributed by atoms with van der Waals surface area (Å²) < 4.78 is 0. The highest BCUT2D eigenvalue weighted by atomic mass is 16.4. The smallest absolute Gasteiger partial charge is 0.0601 e. The van der Waals surface area contributed by atoms with E-state index < -0.39 is 0 Å². The molecule has 2 atom stereocenters. The van der Waals surface area contributed by atoms with Crippen LogP contribution in [0.3, 0.4) is 0 Å². The first kappa shape index (κ1) is 11.0. The van der Waals surface area contributed by atoms with Crippen LogP contribution in [0.5, 0.6) is 0 Å². The molecule has 2 bridgehead atoms. The van der Waals surface area contributed by atoms with Gasteiger partial charge in [-0.05, 0) is 31.3 Å². The Hall–Kier alpha value is -1.09. The van der Waals surface area contributed by atoms with Crippen molar-refractivity contribution in [2.45, 2.75) is 50.6 Å². The van der Waals surface area contributed by atoms with Crippen LogP contribution < -0.4 is 0 Å². The van der Waals surface area contributed by atoms with E-state index in [1.807, 2.05) is 0 Å². The zero-order valence-corrected chi connectivity index (χ0v) is 10.2. The average Bonchev–Trinajstić information content (AvgIpc) is 2.63. The highest BCUT2D eigenvalue weighted by Gasteiger charge is 2.39. The monoisotopic (exact) mass is 232 g/mol. The predicted molar refractivity (Wildman–Crippen MR) is 68.4 cm³/mol. The fourth-order valence-electron chi connectivity index (χ4n) is 3.42. The number of rotatable bonds is 2. The maximum atomic E-state index is 8.91. The number of hydrogen-bond donors (Lipinski definition) is 1. The Morgan fingerprint density at radius 1 is 1.24 bits per heavy atom. The molecule has 2 fully saturated rings. The first-order chi connectivity index (χ1) is 8.36. The molecule has 0 aromatic rings. The van der Waals surface area contributed by atoms with Crippen LogP contribution in [0.15, 0.2) is 29.0 Å². The van der Waals surface area contributed by atoms with Gasteiger partial charge in [0.2, 0.25) is 0 Å². The predicted octanol–water partition coefficient (Wildman–Crippen LogP) is 2.72. The summed E-state index contributed by atoms with van der Waals surface area (Å²) in [4.78, 5) is 2.62. The van der Waals surface area contributed by atoms with Gasteiger partial charge in [0.15, 0.2) is 0 Å². The van der Waals surface area contributed by atoms with Gasteiger partial charge in [-0.15, -0.1) is 0 Å². The Morgan fingerprint density at radius 3 is 2.59 bits per heavy atom. The summed E-state index contributed by atoms with van der Waals surface area (Å²) >= 11 is 0. The summed E-state index contributed by atoms with van der Waals surface area (Å²) in [7, 11) is 0. The van der Waals surface area contributed by atoms with E-state index in [-0.39, 0.29) is 0 Å². The molecule has 2 saturated heterocycles. The van der Waals surface area contributed by atoms with Crippen molar-refractivity contribution in [3.63, 3.8) is 0 Å². The SMILES string of the molecule is ON=C1CC2CCC(C1)N2CC1=CCCC=C1. The van der Waals surface area contributed by atoms with E-state index in [2.05, 4.69) is 28.3 Å². The molecule has 0 amide bonds. The highest BCUT2D eigenvalue weighted by molar-refractivity contribution is 5.86. The molecule has 0 aromatic carbocycles. The van der Waals surface area contributed by atoms with Crippen molar-refractivity contribution in [3.8, 4) is 0 Å². The van der Waals surface area contributed by atoms with E-state index in [9.17, 15) is 0 Å². The standard InChI is InChI=1S/C14H20N2O/c17-15-12-8-13-6-7-14(9-12)16(13)10-11-4-2-1-3-5-11/h2,4-5,13-14,17H,1,3,6-10H2. The third kappa shape index (κ3) is 2.16. The Balaban J connectivity index is 1.69. The molecule has 1 aliphatic carbocycles. The zero-order valence-electron chi connectivity index (χ0n) is 10.2. The van der Waals surface area contributed by atoms with Crippen LogP contribution in [0, 0.1) is 0 Å². The third-order valence-electron chi connectivity index (χ3n) is 4.29. The molecule has 3 rings (SSSR count). The van der Waals surface area contributed by atoms with E-state index in [0.717, 1.165) is 25.1 Å². The first-order valence-corrected chi connectivity index (χ1v) is 6.68. The van der Waals surface area contributed by atoms with Crippen molar-refractivity contribution in [3.05, 3.63) is 23.8 Å². The van der Waals surface area contributed by atoms with Crippen LogP contribution in [0.1, 0.15) is 38.5 Å². The maximum Gasteiger partial charge on any atom is 0.0601 e. The van der Waals surface area contributed by atoms with Gasteiger partial charge in [-0.25, -0.2) is 0 Å². The minimum atomic E-state index is 0.607. The van der Waals surface area contributed by atoms with Gasteiger partial charge in [0.1, 0.15) is 0 Å². The van der Waals surface area contributed by atoms with Crippen molar-refractivity contribution >= 4 is 5.71 Å². The molecule has 3 nitrogen and oxygen atoms in total. The molecule has 0 saturated carbocycles. The zero-order chi connectivity index (χ0) is 11.7. The van der Waals surface area contributed by atoms with Crippen LogP contribution in [-0.4, -0.2) is 34.4 Å². The van der Waals surface area contributed by atoms with E-state index >= 15 is 0 Å². The lowest BCUT2D eigenvalue weighted by molar-refractivity contribution is 0.196. The summed E-state index contributed by atoms with van der Waals surface area (Å²) in [5.74, 6) is 0. The Labute approximate surface area is 102 Å². The fourth-order valence-corrected chi connectivity index (χ4v) is 3.42. The number of piperidine rings is 1. The molecule has 2 aliphatic heterocycles. The van der Waals surface area contributed by atoms with Crippen LogP contribution in [0.4, 0.5) is 0 Å². The molecule has 92 valence electrons. The van der Waals surface area contributed by atoms with Crippen LogP contribution in [0.25, 0.3) is 0 Å². The van der Waals surface area contributed by atoms with Gasteiger partial charge in [0, 0.05) is 31.5 Å². The summed E-state index contributed by atoms with van der Waals surface area (Å²) in [5.41, 5.74) is 2.47. The molecule has 0 aromatic heterocycles. The molecule has 1 N–H and O–H groups in total. The number of allylic oxidation sites excluding steroid dienone is 2. The number of nitrogens with zero attached hydrogens (tertiary/aromatic N) is 2. The molecule has 3 aliphatic rings. The minimum absolute atomic E-state index is 0.607. The van der Waals surface area contributed by atoms with E-state index in [0.29, 0.717) is 12.1 Å². The molecule has 17 heavy (non-hydrogen) atoms. The van der Waals surface area contributed by atoms with Gasteiger partial charge in [0.05, 0.1) is 5.71 Å². The van der Waals surface area contributed by atoms with Gasteiger partial charge >= 0.3 is 0 Å². The lowest BCUT2D eigenvalue weighted by atomic mass is 9.98. The van der Waals surface area contributed by atoms with Crippen molar-refractivity contribution in [2.24, 2.45) is 5.16 Å². The van der Waals surface area contributed by atoms with Crippen LogP contribution in [-0.2, 0) is 0 Å². The second-order valence-electron chi connectivity index (χ2n) is 5.39. The van der Waals surface area contributed by atoms with Gasteiger partial charge in [-0.2, -0.15) is 0 Å². The minimum Gasteiger partial charge on any atom is -0.411 e. The topological polar surface area (TPSA) is 35.8 Å². The molecule has 0 spiro atoms. The second-order valence-corrected chi connectivity index (χ2v) is 5.39. The molecule has 2 heterocycles. The molecule has 2 unspecified atom stereocenters. The largest absolute Gasteiger partial charge is 0.411 e. The fraction of sp³-hybridized carbons (Fsp3) is 0.643. The van der Waals surface area contributed by atoms with Crippen molar-refractivity contribution < 1.29 is 5.21 Å². The lowest BCUT2D eigenvalue weighted by Crippen LogP contribution is -2.44. The lowest BCUT2D eigenvalue weighted by Gasteiger charge is -2.35. The normalized spacial score (nSPS) is 32.7.